The molecule has 1 unspecified atom stereocenters. The first-order valence-corrected chi connectivity index (χ1v) is 7.54. The molecule has 1 aliphatic heterocycles. The van der Waals surface area contributed by atoms with Gasteiger partial charge in [-0.05, 0) is 31.5 Å². The molecule has 3 N–H and O–H groups in total. The molecular formula is C12H16FN3O3S. The molecular weight excluding hydrogens is 285 g/mol. The van der Waals surface area contributed by atoms with Crippen molar-refractivity contribution in [2.75, 3.05) is 18.8 Å². The zero-order valence-corrected chi connectivity index (χ0v) is 12.0. The topological polar surface area (TPSA) is 92.5 Å². The zero-order valence-electron chi connectivity index (χ0n) is 11.2. The van der Waals surface area contributed by atoms with Crippen LogP contribution >= 0.6 is 0 Å². The van der Waals surface area contributed by atoms with Gasteiger partial charge in [-0.3, -0.25) is 4.79 Å². The number of carbonyl (C=O) groups is 1. The van der Waals surface area contributed by atoms with E-state index in [9.17, 15) is 17.6 Å². The number of hydrogen-bond donors (Lipinski definition) is 2. The highest BCUT2D eigenvalue weighted by atomic mass is 32.2. The zero-order chi connectivity index (χ0) is 15.1. The molecule has 8 heteroatoms. The van der Waals surface area contributed by atoms with Crippen molar-refractivity contribution in [2.24, 2.45) is 0 Å². The fourth-order valence-electron chi connectivity index (χ4n) is 2.17. The van der Waals surface area contributed by atoms with E-state index in [2.05, 4.69) is 5.32 Å². The van der Waals surface area contributed by atoms with Crippen LogP contribution in [-0.2, 0) is 14.8 Å². The first-order chi connectivity index (χ1) is 9.25. The van der Waals surface area contributed by atoms with Crippen LogP contribution in [0.2, 0.25) is 0 Å². The molecule has 1 fully saturated rings. The highest BCUT2D eigenvalue weighted by molar-refractivity contribution is 7.89. The number of rotatable bonds is 2. The lowest BCUT2D eigenvalue weighted by Crippen LogP contribution is -2.55. The number of carbonyl (C=O) groups excluding carboxylic acids is 1. The Morgan fingerprint density at radius 2 is 2.10 bits per heavy atom. The van der Waals surface area contributed by atoms with Crippen molar-refractivity contribution in [2.45, 2.75) is 24.8 Å². The Labute approximate surface area is 116 Å². The molecule has 2 rings (SSSR count). The molecule has 110 valence electrons. The van der Waals surface area contributed by atoms with Gasteiger partial charge in [-0.15, -0.1) is 0 Å². The summed E-state index contributed by atoms with van der Waals surface area (Å²) in [5.74, 6) is -1.24. The van der Waals surface area contributed by atoms with E-state index >= 15 is 0 Å². The molecule has 1 atom stereocenters. The number of sulfonamides is 1. The fraction of sp³-hybridized carbons (Fsp3) is 0.417. The van der Waals surface area contributed by atoms with Crippen molar-refractivity contribution >= 4 is 21.6 Å². The molecule has 1 aliphatic rings. The summed E-state index contributed by atoms with van der Waals surface area (Å²) >= 11 is 0. The number of aryl methyl sites for hydroxylation is 1. The number of halogens is 1. The van der Waals surface area contributed by atoms with Gasteiger partial charge in [0.15, 0.2) is 0 Å². The number of anilines is 1. The molecule has 0 spiro atoms. The average molecular weight is 301 g/mol. The molecule has 0 saturated carbocycles. The number of nitrogens with zero attached hydrogens (tertiary/aromatic N) is 1. The van der Waals surface area contributed by atoms with E-state index in [4.69, 9.17) is 5.73 Å². The van der Waals surface area contributed by atoms with Gasteiger partial charge in [-0.1, -0.05) is 0 Å². The van der Waals surface area contributed by atoms with Crippen molar-refractivity contribution in [3.63, 3.8) is 0 Å². The third kappa shape index (κ3) is 2.36. The maximum atomic E-state index is 14.1. The summed E-state index contributed by atoms with van der Waals surface area (Å²) in [4.78, 5) is 11.1. The first-order valence-electron chi connectivity index (χ1n) is 6.10. The predicted molar refractivity (Wildman–Crippen MR) is 71.9 cm³/mol. The Morgan fingerprint density at radius 1 is 1.45 bits per heavy atom. The number of nitrogen functional groups attached to an aromatic ring is 1. The molecule has 1 aromatic rings. The van der Waals surface area contributed by atoms with Crippen LogP contribution < -0.4 is 11.1 Å². The molecule has 1 aromatic carbocycles. The maximum Gasteiger partial charge on any atom is 0.246 e. The Hall–Kier alpha value is -1.67. The smallest absolute Gasteiger partial charge is 0.246 e. The van der Waals surface area contributed by atoms with Crippen LogP contribution in [0.25, 0.3) is 0 Å². The van der Waals surface area contributed by atoms with Gasteiger partial charge in [0, 0.05) is 18.8 Å². The summed E-state index contributed by atoms with van der Waals surface area (Å²) in [6.07, 6.45) is 0. The molecule has 0 radical (unpaired) electrons. The molecule has 1 saturated heterocycles. The molecule has 0 aromatic heterocycles. The number of nitrogens with two attached hydrogens (primary N) is 1. The monoisotopic (exact) mass is 301 g/mol. The third-order valence-electron chi connectivity index (χ3n) is 3.27. The predicted octanol–water partition coefficient (Wildman–Crippen LogP) is 0.225. The fourth-order valence-corrected chi connectivity index (χ4v) is 3.94. The Balaban J connectivity index is 2.53. The second-order valence-corrected chi connectivity index (χ2v) is 6.59. The van der Waals surface area contributed by atoms with Gasteiger partial charge in [0.05, 0.1) is 0 Å². The molecule has 1 amide bonds. The van der Waals surface area contributed by atoms with Gasteiger partial charge < -0.3 is 11.1 Å². The van der Waals surface area contributed by atoms with Gasteiger partial charge >= 0.3 is 0 Å². The quantitative estimate of drug-likeness (QED) is 0.765. The SMILES string of the molecule is Cc1cc(N)cc(S(=O)(=O)N2CCNC(=O)C2C)c1F. The summed E-state index contributed by atoms with van der Waals surface area (Å²) in [7, 11) is -4.10. The van der Waals surface area contributed by atoms with Gasteiger partial charge in [0.25, 0.3) is 0 Å². The molecule has 20 heavy (non-hydrogen) atoms. The number of benzene rings is 1. The first kappa shape index (κ1) is 14.7. The molecule has 6 nitrogen and oxygen atoms in total. The molecule has 0 aliphatic carbocycles. The third-order valence-corrected chi connectivity index (χ3v) is 5.24. The lowest BCUT2D eigenvalue weighted by Gasteiger charge is -2.32. The van der Waals surface area contributed by atoms with Crippen LogP contribution in [0.4, 0.5) is 10.1 Å². The lowest BCUT2D eigenvalue weighted by atomic mass is 10.2. The minimum Gasteiger partial charge on any atom is -0.399 e. The van der Waals surface area contributed by atoms with Crippen molar-refractivity contribution in [1.29, 1.82) is 0 Å². The average Bonchev–Trinajstić information content (AvgIpc) is 2.36. The minimum atomic E-state index is -4.10. The van der Waals surface area contributed by atoms with Crippen LogP contribution in [0, 0.1) is 12.7 Å². The maximum absolute atomic E-state index is 14.1. The van der Waals surface area contributed by atoms with E-state index in [1.807, 2.05) is 0 Å². The Kier molecular flexibility index (Phi) is 3.70. The van der Waals surface area contributed by atoms with Gasteiger partial charge in [-0.25, -0.2) is 12.8 Å². The van der Waals surface area contributed by atoms with Crippen LogP contribution in [0.15, 0.2) is 17.0 Å². The van der Waals surface area contributed by atoms with Crippen molar-refractivity contribution in [3.8, 4) is 0 Å². The summed E-state index contributed by atoms with van der Waals surface area (Å²) < 4.78 is 40.1. The molecule has 1 heterocycles. The van der Waals surface area contributed by atoms with E-state index in [1.165, 1.54) is 19.9 Å². The van der Waals surface area contributed by atoms with Gasteiger partial charge in [0.2, 0.25) is 15.9 Å². The summed E-state index contributed by atoms with van der Waals surface area (Å²) in [5.41, 5.74) is 5.90. The van der Waals surface area contributed by atoms with Crippen molar-refractivity contribution in [3.05, 3.63) is 23.5 Å². The standard InChI is InChI=1S/C12H16FN3O3S/c1-7-5-9(14)6-10(11(7)13)20(18,19)16-4-3-15-12(17)8(16)2/h5-6,8H,3-4,14H2,1-2H3,(H,15,17). The minimum absolute atomic E-state index is 0.0997. The van der Waals surface area contributed by atoms with E-state index in [0.717, 1.165) is 10.4 Å². The van der Waals surface area contributed by atoms with Crippen LogP contribution in [0.1, 0.15) is 12.5 Å². The van der Waals surface area contributed by atoms with E-state index < -0.39 is 32.7 Å². The van der Waals surface area contributed by atoms with Crippen LogP contribution in [0.5, 0.6) is 0 Å². The summed E-state index contributed by atoms with van der Waals surface area (Å²) in [5, 5.41) is 2.56. The van der Waals surface area contributed by atoms with Crippen LogP contribution in [-0.4, -0.2) is 37.8 Å². The van der Waals surface area contributed by atoms with E-state index in [1.54, 1.807) is 0 Å². The van der Waals surface area contributed by atoms with Gasteiger partial charge in [-0.2, -0.15) is 4.31 Å². The van der Waals surface area contributed by atoms with Gasteiger partial charge in [0.1, 0.15) is 16.8 Å². The normalized spacial score (nSPS) is 20.8. The van der Waals surface area contributed by atoms with E-state index in [-0.39, 0.29) is 24.3 Å². The summed E-state index contributed by atoms with van der Waals surface area (Å²) in [6.45, 7) is 3.20. The Morgan fingerprint density at radius 3 is 2.75 bits per heavy atom. The second-order valence-electron chi connectivity index (χ2n) is 4.73. The second kappa shape index (κ2) is 5.02. The highest BCUT2D eigenvalue weighted by Crippen LogP contribution is 2.26. The van der Waals surface area contributed by atoms with E-state index in [0.29, 0.717) is 0 Å². The number of piperazine rings is 1. The number of amides is 1. The Bertz CT molecular complexity index is 660. The van der Waals surface area contributed by atoms with Crippen molar-refractivity contribution < 1.29 is 17.6 Å². The highest BCUT2D eigenvalue weighted by Gasteiger charge is 2.37. The number of hydrogen-bond acceptors (Lipinski definition) is 4. The van der Waals surface area contributed by atoms with Crippen molar-refractivity contribution in [1.82, 2.24) is 9.62 Å². The largest absolute Gasteiger partial charge is 0.399 e. The summed E-state index contributed by atoms with van der Waals surface area (Å²) in [6, 6.07) is 1.56. The molecule has 0 bridgehead atoms. The number of nitrogens with one attached hydrogen (secondary N) is 1. The van der Waals surface area contributed by atoms with Crippen LogP contribution in [0.3, 0.4) is 0 Å². The lowest BCUT2D eigenvalue weighted by molar-refractivity contribution is -0.126.